The minimum Gasteiger partial charge on any atom is -0.748 e. The van der Waals surface area contributed by atoms with Gasteiger partial charge in [-0.2, -0.15) is 70.5 Å². The second-order valence-electron chi connectivity index (χ2n) is 26.1. The Hall–Kier alpha value is -20.0. The van der Waals surface area contributed by atoms with Crippen LogP contribution >= 0.6 is 0 Å². The average Bonchev–Trinajstić information content (AvgIpc) is 1.43. The number of nitrogens with one attached hydrogen (secondary N) is 31. The quantitative estimate of drug-likeness (QED) is 0.00896. The number of aliphatic hydroxyl groups is 1. The molecule has 1 fully saturated rings. The molecule has 11 aromatic heterocycles. The predicted octanol–water partition coefficient (Wildman–Crippen LogP) is -7.14. The Labute approximate surface area is 851 Å². The Morgan fingerprint density at radius 2 is 0.745 bits per heavy atom. The van der Waals surface area contributed by atoms with Gasteiger partial charge >= 0.3 is 96.0 Å². The van der Waals surface area contributed by atoms with Gasteiger partial charge in [0, 0.05) is 64.4 Å². The normalized spacial score (nSPS) is 10.5. The summed E-state index contributed by atoms with van der Waals surface area (Å²) in [6.45, 7) is 5.71. The Bertz CT molecular complexity index is 5940. The van der Waals surface area contributed by atoms with Gasteiger partial charge in [-0.25, -0.2) is 56.4 Å². The first-order chi connectivity index (χ1) is 71.3. The first-order valence-electron chi connectivity index (χ1n) is 41.1. The van der Waals surface area contributed by atoms with E-state index in [1.54, 1.807) is 42.8 Å². The van der Waals surface area contributed by atoms with Crippen molar-refractivity contribution >= 4 is 153 Å². The van der Waals surface area contributed by atoms with Crippen molar-refractivity contribution in [2.75, 3.05) is 135 Å². The molecule has 794 valence electrons. The standard InChI is InChI=1S/C10H12N6O2.C9H9N5O.C8H14N6O.C8H8N6O.C5H10N6O2.C5H10N6O.C5H8N6O.C4H5F3N6O.C4H8N6O4S.C3H6N6O.C2H4N6O.Na/c17-6-5-7-1-3-8(4-2-7)11-10(18)12-9-13-15-16-14-9;15-8(10-9-11-13-14-12-9)6-7-4-2-1-3-5-7;2*15-8(10-7-11-13-14-12-7)9-6-4-2-1-3-5-6;1-13-3-2-6-5(12)7-4-8-10-11-9-4;2*1-2-3-6-5(12)7-4-8-10-11-9-4;5-4(6,7)1-8-3(14)9-2-10-12-13-11-2;11-4(5-1-2-15(12,13)14)6-3-7-9-10-8-3;1-4-3(10)5-2-6-8-9-7-2;3-1(9)4-2-5-7-8-6-2;/h1-4,17H,5-6H2,(H3,11,12,13,14,15,16,18);1-5H,6H2,(H2,10,11,12,13,14,15);6H,1-5H2,(H3,9,10,11,12,13,14,15);1-5H,(H3,9,10,11,12,13,14,15);2-3H2,1H3,(H3,6,7,8,9,10,11,12);2-3H2,1H3,(H3,6,7,8,9,10,11,12);2H,1,3H2,(H3,6,7,8,9,10,11,12);1H2,(H3,8,9,10,11,12,13,14);1-2H2,(H,12,13,14)(H3,5,6,7,8,9,10,11);1H3,(H3,4,5,6,7,8,9,10);(H4,3,4,5,6,7,8,9);/q;;;;;;;;;;;+1/p-1. The van der Waals surface area contributed by atoms with E-state index in [0.29, 0.717) is 50.5 Å². The molecule has 15 rings (SSSR count). The van der Waals surface area contributed by atoms with Gasteiger partial charge in [0.25, 0.3) is 65.4 Å². The van der Waals surface area contributed by atoms with Crippen molar-refractivity contribution in [1.82, 2.24) is 264 Å². The summed E-state index contributed by atoms with van der Waals surface area (Å²) in [5.74, 6) is 0.181. The second kappa shape index (κ2) is 72.3. The molecule has 1 saturated carbocycles. The van der Waals surface area contributed by atoms with Crippen LogP contribution in [-0.2, 0) is 32.5 Å². The molecule has 21 amide bonds. The number of aromatic amines is 11. The zero-order valence-corrected chi connectivity index (χ0v) is 80.5. The van der Waals surface area contributed by atoms with Crippen molar-refractivity contribution < 1.29 is 118 Å². The van der Waals surface area contributed by atoms with Gasteiger partial charge in [-0.05, 0) is 118 Å². The van der Waals surface area contributed by atoms with E-state index < -0.39 is 70.8 Å². The summed E-state index contributed by atoms with van der Waals surface area (Å²) in [7, 11) is -1.27. The minimum atomic E-state index is -4.45. The number of carbonyl (C=O) groups excluding carboxylic acids is 11. The molecule has 11 heterocycles. The van der Waals surface area contributed by atoms with E-state index in [0.717, 1.165) is 30.4 Å². The zero-order valence-electron chi connectivity index (χ0n) is 77.7. The number of ether oxygens (including phenoxy) is 1. The SMILES string of the molecule is C=CCNC(=O)Nc1nn[nH]n1.CCCNC(=O)Nc1nn[nH]n1.CNC(=O)Nc1nn[nH]n1.COCCNC(=O)Nc1nn[nH]n1.NC(=O)Nc1nn[nH]n1.O=C(Cc1ccccc1)Nc1nn[nH]n1.O=C(NCC(F)(F)F)Nc1nn[nH]n1.O=C(NCCS(=O)(=O)[O-])Nc1nn[nH]n1.O=C(Nc1ccc(CCO)cc1)Nc1nn[nH]n1.O=C(Nc1ccccc1)Nc1nn[nH]n1.O=C(Nc1nn[nH]n1)NC1CCCCC1.[Na+]. The summed E-state index contributed by atoms with van der Waals surface area (Å²) >= 11 is 0. The molecule has 81 nitrogen and oxygen atoms in total. The van der Waals surface area contributed by atoms with Crippen molar-refractivity contribution in [2.24, 2.45) is 5.73 Å². The molecule has 1 aliphatic carbocycles. The van der Waals surface area contributed by atoms with E-state index in [1.165, 1.54) is 26.3 Å². The Balaban J connectivity index is 0.000000342. The van der Waals surface area contributed by atoms with Gasteiger partial charge in [0.1, 0.15) is 6.54 Å². The predicted molar refractivity (Wildman–Crippen MR) is 492 cm³/mol. The van der Waals surface area contributed by atoms with Gasteiger partial charge < -0.3 is 68.0 Å². The number of nitrogens with zero attached hydrogens (tertiary/aromatic N) is 33. The van der Waals surface area contributed by atoms with Crippen LogP contribution < -0.4 is 142 Å². The van der Waals surface area contributed by atoms with E-state index in [1.807, 2.05) is 78.1 Å². The van der Waals surface area contributed by atoms with Gasteiger partial charge in [-0.3, -0.25) is 63.3 Å². The number of halogens is 3. The zero-order chi connectivity index (χ0) is 107. The number of para-hydroxylation sites is 1. The van der Waals surface area contributed by atoms with Crippen LogP contribution in [0.15, 0.2) is 97.6 Å². The van der Waals surface area contributed by atoms with Crippen LogP contribution in [0.3, 0.4) is 0 Å². The van der Waals surface area contributed by atoms with E-state index in [-0.39, 0.29) is 138 Å². The number of anilines is 13. The van der Waals surface area contributed by atoms with Crippen LogP contribution in [0.25, 0.3) is 0 Å². The third-order valence-corrected chi connectivity index (χ3v) is 15.7. The van der Waals surface area contributed by atoms with Crippen molar-refractivity contribution in [1.29, 1.82) is 0 Å². The van der Waals surface area contributed by atoms with Gasteiger partial charge in [0.15, 0.2) is 0 Å². The van der Waals surface area contributed by atoms with Gasteiger partial charge in [0.2, 0.25) is 5.91 Å². The number of hydrogen-bond donors (Lipinski definition) is 33. The van der Waals surface area contributed by atoms with Crippen LogP contribution in [0.4, 0.5) is 138 Å². The molecule has 14 aromatic rings. The van der Waals surface area contributed by atoms with E-state index in [4.69, 9.17) is 15.6 Å². The number of H-pyrrole nitrogens is 11. The summed E-state index contributed by atoms with van der Waals surface area (Å²) in [6, 6.07) is 20.9. The Morgan fingerprint density at radius 1 is 0.423 bits per heavy atom. The third-order valence-electron chi connectivity index (χ3n) is 15.0. The number of carbonyl (C=O) groups is 11. The average molecular weight is 2130 g/mol. The minimum absolute atomic E-state index is 0. The number of tetrazole rings is 11. The van der Waals surface area contributed by atoms with E-state index in [2.05, 4.69) is 324 Å². The molecule has 3 aromatic carbocycles. The van der Waals surface area contributed by atoms with Crippen molar-refractivity contribution in [3.05, 3.63) is 109 Å². The van der Waals surface area contributed by atoms with Crippen molar-refractivity contribution in [2.45, 2.75) is 70.5 Å². The number of aromatic nitrogens is 44. The molecular weight excluding hydrogens is 2040 g/mol. The fourth-order valence-corrected chi connectivity index (χ4v) is 9.31. The maximum absolute atomic E-state index is 11.6. The number of methoxy groups -OCH3 is 1. The smallest absolute Gasteiger partial charge is 0.748 e. The molecule has 149 heavy (non-hydrogen) atoms. The van der Waals surface area contributed by atoms with Crippen molar-refractivity contribution in [3.8, 4) is 0 Å². The van der Waals surface area contributed by atoms with Crippen LogP contribution in [0, 0.1) is 0 Å². The van der Waals surface area contributed by atoms with Crippen LogP contribution in [-0.4, -0.2) is 389 Å². The number of hydrogen-bond acceptors (Lipinski definition) is 49. The van der Waals surface area contributed by atoms with Gasteiger partial charge in [0.05, 0.1) is 28.9 Å². The summed E-state index contributed by atoms with van der Waals surface area (Å²) in [5.41, 5.74) is 7.99. The fraction of sp³-hybridized carbons (Fsp3) is 0.333. The number of benzene rings is 3. The molecule has 0 unspecified atom stereocenters. The van der Waals surface area contributed by atoms with Crippen LogP contribution in [0.5, 0.6) is 0 Å². The van der Waals surface area contributed by atoms with Gasteiger partial charge in [-0.15, -0.1) is 62.7 Å². The molecule has 34 N–H and O–H groups in total. The number of nitrogens with two attached hydrogens (primary N) is 1. The molecule has 0 aliphatic heterocycles. The Kier molecular flexibility index (Phi) is 58.8. The topological polar surface area (TPSA) is 1140 Å². The largest absolute Gasteiger partial charge is 1.00 e. The second-order valence-corrected chi connectivity index (χ2v) is 27.6. The number of urea groups is 10. The fourth-order valence-electron chi connectivity index (χ4n) is 8.96. The third kappa shape index (κ3) is 61.3. The molecule has 0 bridgehead atoms. The number of primary amides is 1. The molecule has 0 radical (unpaired) electrons. The summed E-state index contributed by atoms with van der Waals surface area (Å²) in [5, 5.41) is 193. The molecule has 86 heteroatoms. The number of amides is 21. The summed E-state index contributed by atoms with van der Waals surface area (Å²) < 4.78 is 70.0. The number of alkyl halides is 3. The van der Waals surface area contributed by atoms with Crippen LogP contribution in [0.1, 0.15) is 56.6 Å². The molecular formula is C63H93F3N65NaO16S. The van der Waals surface area contributed by atoms with Crippen molar-refractivity contribution in [3.63, 3.8) is 0 Å². The molecule has 0 spiro atoms. The number of aliphatic hydroxyl groups excluding tert-OH is 1. The maximum Gasteiger partial charge on any atom is 1.00 e. The first-order valence-corrected chi connectivity index (χ1v) is 42.7. The van der Waals surface area contributed by atoms with Crippen LogP contribution in [0.2, 0.25) is 0 Å². The molecule has 1 aliphatic rings. The first kappa shape index (κ1) is 121. The maximum atomic E-state index is 11.6. The summed E-state index contributed by atoms with van der Waals surface area (Å²) in [4.78, 5) is 121. The monoisotopic (exact) mass is 2130 g/mol. The van der Waals surface area contributed by atoms with Gasteiger partial charge in [-0.1, -0.05) is 149 Å². The Morgan fingerprint density at radius 3 is 1.07 bits per heavy atom. The molecule has 0 saturated heterocycles. The number of rotatable bonds is 29. The van der Waals surface area contributed by atoms with E-state index >= 15 is 0 Å². The van der Waals surface area contributed by atoms with E-state index in [9.17, 15) is 78.9 Å². The summed E-state index contributed by atoms with van der Waals surface area (Å²) in [6.07, 6.45) is 4.65. The molecule has 0 atom stereocenters.